The predicted octanol–water partition coefficient (Wildman–Crippen LogP) is 5.22. The maximum atomic E-state index is 3.56. The third-order valence-corrected chi connectivity index (χ3v) is 6.13. The highest BCUT2D eigenvalue weighted by Gasteiger charge is 2.22. The molecule has 1 aliphatic rings. The lowest BCUT2D eigenvalue weighted by molar-refractivity contribution is 1.27. The van der Waals surface area contributed by atoms with Gasteiger partial charge in [0.05, 0.1) is 11.4 Å². The van der Waals surface area contributed by atoms with Crippen molar-refractivity contribution in [1.29, 1.82) is 0 Å². The third kappa shape index (κ3) is 1.81. The fraction of sp³-hybridized carbons (Fsp3) is 0. The van der Waals surface area contributed by atoms with Crippen molar-refractivity contribution in [3.05, 3.63) is 78.9 Å². The first-order chi connectivity index (χ1) is 9.93. The second-order valence-corrected chi connectivity index (χ2v) is 6.98. The van der Waals surface area contributed by atoms with E-state index in [0.29, 0.717) is 0 Å². The minimum Gasteiger partial charge on any atom is -0.354 e. The Labute approximate surface area is 121 Å². The quantitative estimate of drug-likeness (QED) is 0.454. The van der Waals surface area contributed by atoms with Gasteiger partial charge >= 0.3 is 0 Å². The van der Waals surface area contributed by atoms with Gasteiger partial charge in [-0.2, -0.15) is 10.9 Å². The summed E-state index contributed by atoms with van der Waals surface area (Å²) in [6.07, 6.45) is 0. The van der Waals surface area contributed by atoms with Crippen molar-refractivity contribution in [2.75, 3.05) is 5.32 Å². The molecule has 1 nitrogen and oxygen atoms in total. The largest absolute Gasteiger partial charge is 0.354 e. The van der Waals surface area contributed by atoms with E-state index >= 15 is 0 Å². The van der Waals surface area contributed by atoms with Crippen molar-refractivity contribution in [1.82, 2.24) is 0 Å². The van der Waals surface area contributed by atoms with E-state index in [1.54, 1.807) is 0 Å². The van der Waals surface area contributed by atoms with Gasteiger partial charge in [-0.1, -0.05) is 42.5 Å². The number of rotatable bonds is 1. The summed E-state index contributed by atoms with van der Waals surface area (Å²) in [6, 6.07) is 28.1. The second kappa shape index (κ2) is 4.73. The summed E-state index contributed by atoms with van der Waals surface area (Å²) in [5.74, 6) is 0. The molecule has 0 bridgehead atoms. The van der Waals surface area contributed by atoms with E-state index in [2.05, 4.69) is 84.2 Å². The van der Waals surface area contributed by atoms with Gasteiger partial charge in [-0.25, -0.2) is 0 Å². The standard InChI is InChI=1S/C18H15NS/c1-2-8-14(9-3-1)20-17-12-6-4-10-15(17)19-16-11-5-7-13-18(16)20/h1-13,19-20H. The summed E-state index contributed by atoms with van der Waals surface area (Å²) in [5, 5.41) is 3.56. The van der Waals surface area contributed by atoms with E-state index in [1.807, 2.05) is 0 Å². The van der Waals surface area contributed by atoms with Crippen LogP contribution in [0.4, 0.5) is 11.4 Å². The highest BCUT2D eigenvalue weighted by Crippen LogP contribution is 2.59. The van der Waals surface area contributed by atoms with Gasteiger partial charge in [0.15, 0.2) is 0 Å². The summed E-state index contributed by atoms with van der Waals surface area (Å²) in [6.45, 7) is 0. The van der Waals surface area contributed by atoms with Crippen LogP contribution >= 0.6 is 10.9 Å². The molecule has 1 aliphatic heterocycles. The Balaban J connectivity index is 1.98. The van der Waals surface area contributed by atoms with Crippen molar-refractivity contribution in [3.8, 4) is 0 Å². The van der Waals surface area contributed by atoms with Crippen molar-refractivity contribution in [3.63, 3.8) is 0 Å². The van der Waals surface area contributed by atoms with Crippen LogP contribution in [0.1, 0.15) is 0 Å². The first-order valence-corrected chi connectivity index (χ1v) is 8.08. The van der Waals surface area contributed by atoms with Gasteiger partial charge in [-0.05, 0) is 41.3 Å². The van der Waals surface area contributed by atoms with E-state index < -0.39 is 10.9 Å². The number of fused-ring (bicyclic) bond motifs is 2. The van der Waals surface area contributed by atoms with Crippen LogP contribution in [0.15, 0.2) is 93.5 Å². The van der Waals surface area contributed by atoms with Crippen molar-refractivity contribution in [2.45, 2.75) is 14.7 Å². The smallest absolute Gasteiger partial charge is 0.0511 e. The molecule has 0 aromatic heterocycles. The molecule has 4 rings (SSSR count). The Morgan fingerprint density at radius 3 is 1.65 bits per heavy atom. The van der Waals surface area contributed by atoms with Crippen LogP contribution in [0, 0.1) is 0 Å². The molecule has 0 spiro atoms. The molecule has 3 aromatic carbocycles. The molecule has 0 saturated heterocycles. The molecular weight excluding hydrogens is 262 g/mol. The van der Waals surface area contributed by atoms with Gasteiger partial charge in [0, 0.05) is 9.79 Å². The lowest BCUT2D eigenvalue weighted by Crippen LogP contribution is -2.04. The van der Waals surface area contributed by atoms with E-state index in [0.717, 1.165) is 0 Å². The SMILES string of the molecule is c1ccc([SH]2c3ccccc3Nc3ccccc32)cc1. The van der Waals surface area contributed by atoms with Gasteiger partial charge in [0.1, 0.15) is 0 Å². The fourth-order valence-corrected chi connectivity index (χ4v) is 5.18. The highest BCUT2D eigenvalue weighted by atomic mass is 32.2. The molecular formula is C18H15NS. The number of anilines is 2. The molecule has 0 amide bonds. The topological polar surface area (TPSA) is 12.0 Å². The van der Waals surface area contributed by atoms with Crippen LogP contribution in [0.3, 0.4) is 0 Å². The van der Waals surface area contributed by atoms with Crippen LogP contribution in [-0.4, -0.2) is 0 Å². The van der Waals surface area contributed by atoms with Gasteiger partial charge in [-0.15, -0.1) is 0 Å². The molecule has 0 radical (unpaired) electrons. The number of nitrogens with one attached hydrogen (secondary N) is 1. The summed E-state index contributed by atoms with van der Waals surface area (Å²) in [4.78, 5) is 4.23. The summed E-state index contributed by atoms with van der Waals surface area (Å²) in [7, 11) is -0.461. The molecule has 1 heterocycles. The number of thiol groups is 1. The monoisotopic (exact) mass is 277 g/mol. The van der Waals surface area contributed by atoms with Crippen LogP contribution in [0.25, 0.3) is 0 Å². The average Bonchev–Trinajstić information content (AvgIpc) is 2.53. The Morgan fingerprint density at radius 2 is 1.05 bits per heavy atom. The molecule has 0 fully saturated rings. The zero-order valence-corrected chi connectivity index (χ0v) is 11.8. The first kappa shape index (κ1) is 11.6. The van der Waals surface area contributed by atoms with Crippen molar-refractivity contribution < 1.29 is 0 Å². The van der Waals surface area contributed by atoms with Gasteiger partial charge in [-0.3, -0.25) is 0 Å². The average molecular weight is 277 g/mol. The van der Waals surface area contributed by atoms with Gasteiger partial charge in [0.25, 0.3) is 0 Å². The van der Waals surface area contributed by atoms with E-state index in [1.165, 1.54) is 26.1 Å². The van der Waals surface area contributed by atoms with Crippen LogP contribution < -0.4 is 5.32 Å². The lowest BCUT2D eigenvalue weighted by atomic mass is 10.2. The molecule has 0 aliphatic carbocycles. The first-order valence-electron chi connectivity index (χ1n) is 6.74. The minimum atomic E-state index is -0.461. The molecule has 0 saturated carbocycles. The number of hydrogen-bond acceptors (Lipinski definition) is 1. The van der Waals surface area contributed by atoms with E-state index in [-0.39, 0.29) is 0 Å². The van der Waals surface area contributed by atoms with Crippen LogP contribution in [0.5, 0.6) is 0 Å². The molecule has 20 heavy (non-hydrogen) atoms. The molecule has 98 valence electrons. The minimum absolute atomic E-state index is 0.461. The maximum absolute atomic E-state index is 3.56. The summed E-state index contributed by atoms with van der Waals surface area (Å²) >= 11 is 0. The Kier molecular flexibility index (Phi) is 2.75. The number of hydrogen-bond donors (Lipinski definition) is 2. The molecule has 0 unspecified atom stereocenters. The van der Waals surface area contributed by atoms with Crippen molar-refractivity contribution in [2.24, 2.45) is 0 Å². The zero-order chi connectivity index (χ0) is 13.4. The molecule has 0 atom stereocenters. The second-order valence-electron chi connectivity index (χ2n) is 4.83. The number of para-hydroxylation sites is 2. The zero-order valence-electron chi connectivity index (χ0n) is 11.0. The summed E-state index contributed by atoms with van der Waals surface area (Å²) in [5.41, 5.74) is 2.47. The maximum Gasteiger partial charge on any atom is 0.0511 e. The van der Waals surface area contributed by atoms with Crippen LogP contribution in [0.2, 0.25) is 0 Å². The van der Waals surface area contributed by atoms with Crippen molar-refractivity contribution >= 4 is 22.3 Å². The lowest BCUT2D eigenvalue weighted by Gasteiger charge is -2.32. The Morgan fingerprint density at radius 1 is 0.550 bits per heavy atom. The fourth-order valence-electron chi connectivity index (χ4n) is 2.68. The van der Waals surface area contributed by atoms with Crippen LogP contribution in [-0.2, 0) is 0 Å². The number of benzene rings is 3. The van der Waals surface area contributed by atoms with Gasteiger partial charge < -0.3 is 5.32 Å². The Bertz CT molecular complexity index is 707. The van der Waals surface area contributed by atoms with E-state index in [9.17, 15) is 0 Å². The van der Waals surface area contributed by atoms with Gasteiger partial charge in [0.2, 0.25) is 0 Å². The summed E-state index contributed by atoms with van der Waals surface area (Å²) < 4.78 is 0. The normalized spacial score (nSPS) is 14.1. The predicted molar refractivity (Wildman–Crippen MR) is 86.4 cm³/mol. The molecule has 2 heteroatoms. The molecule has 3 aromatic rings. The van der Waals surface area contributed by atoms with E-state index in [4.69, 9.17) is 0 Å². The Hall–Kier alpha value is -2.19. The molecule has 1 N–H and O–H groups in total. The third-order valence-electron chi connectivity index (χ3n) is 3.57. The highest BCUT2D eigenvalue weighted by molar-refractivity contribution is 8.17.